The molecule has 0 aliphatic heterocycles. The summed E-state index contributed by atoms with van der Waals surface area (Å²) in [7, 11) is 1.52. The summed E-state index contributed by atoms with van der Waals surface area (Å²) in [5.74, 6) is 0.408. The molecule has 1 aliphatic rings. The molecule has 0 aromatic heterocycles. The van der Waals surface area contributed by atoms with E-state index >= 15 is 0 Å². The van der Waals surface area contributed by atoms with Crippen LogP contribution in [0.5, 0.6) is 5.75 Å². The first-order chi connectivity index (χ1) is 18.1. The van der Waals surface area contributed by atoms with Crippen LogP contribution in [-0.4, -0.2) is 39.0 Å². The monoisotopic (exact) mass is 500 g/mol. The normalized spacial score (nSPS) is 14.8. The summed E-state index contributed by atoms with van der Waals surface area (Å²) in [6.07, 6.45) is 6.26. The van der Waals surface area contributed by atoms with Gasteiger partial charge in [-0.1, -0.05) is 80.1 Å². The number of hydrogen-bond acceptors (Lipinski definition) is 5. The standard InChI is InChI=1S/C32H36O5/c1-4-8-23-13-18-29-26(21-23)15-14-25-9-6-7-10-28(25)31(29)37-20-19-36-27-16-11-24(12-17-27)22-30(34-3)32(33)35-5-2/h6-7,9-18,21,30-31H,4-5,8,19-20,22H2,1-3H3. The number of carbonyl (C=O) groups excluding carboxylic acids is 1. The van der Waals surface area contributed by atoms with Crippen LogP contribution in [0.25, 0.3) is 12.2 Å². The molecule has 0 heterocycles. The predicted molar refractivity (Wildman–Crippen MR) is 147 cm³/mol. The molecule has 1 aliphatic carbocycles. The Morgan fingerprint density at radius 2 is 1.59 bits per heavy atom. The molecule has 37 heavy (non-hydrogen) atoms. The first-order valence-electron chi connectivity index (χ1n) is 13.1. The maximum atomic E-state index is 12.0. The lowest BCUT2D eigenvalue weighted by molar-refractivity contribution is -0.154. The van der Waals surface area contributed by atoms with Gasteiger partial charge < -0.3 is 18.9 Å². The molecule has 4 rings (SSSR count). The molecular weight excluding hydrogens is 464 g/mol. The second kappa shape index (κ2) is 13.2. The van der Waals surface area contributed by atoms with Gasteiger partial charge in [0.2, 0.25) is 0 Å². The maximum absolute atomic E-state index is 12.0. The number of benzene rings is 3. The summed E-state index contributed by atoms with van der Waals surface area (Å²) in [5.41, 5.74) is 7.06. The topological polar surface area (TPSA) is 54.0 Å². The van der Waals surface area contributed by atoms with Crippen molar-refractivity contribution in [3.8, 4) is 5.75 Å². The Morgan fingerprint density at radius 1 is 0.865 bits per heavy atom. The van der Waals surface area contributed by atoms with Crippen LogP contribution >= 0.6 is 0 Å². The lowest BCUT2D eigenvalue weighted by Crippen LogP contribution is -2.27. The summed E-state index contributed by atoms with van der Waals surface area (Å²) in [5, 5.41) is 0. The minimum atomic E-state index is -0.613. The fourth-order valence-electron chi connectivity index (χ4n) is 4.64. The predicted octanol–water partition coefficient (Wildman–Crippen LogP) is 6.43. The van der Waals surface area contributed by atoms with Gasteiger partial charge >= 0.3 is 5.97 Å². The molecule has 5 heteroatoms. The summed E-state index contributed by atoms with van der Waals surface area (Å²) in [6.45, 7) is 5.20. The molecule has 194 valence electrons. The van der Waals surface area contributed by atoms with E-state index in [2.05, 4.69) is 61.5 Å². The highest BCUT2D eigenvalue weighted by atomic mass is 16.6. The fraction of sp³-hybridized carbons (Fsp3) is 0.344. The van der Waals surface area contributed by atoms with E-state index in [1.54, 1.807) is 6.92 Å². The van der Waals surface area contributed by atoms with Gasteiger partial charge in [0.05, 0.1) is 13.2 Å². The van der Waals surface area contributed by atoms with E-state index in [9.17, 15) is 4.79 Å². The average Bonchev–Trinajstić information content (AvgIpc) is 3.07. The molecule has 0 radical (unpaired) electrons. The third kappa shape index (κ3) is 6.88. The van der Waals surface area contributed by atoms with E-state index < -0.39 is 6.10 Å². The van der Waals surface area contributed by atoms with Crippen LogP contribution in [-0.2, 0) is 31.8 Å². The minimum absolute atomic E-state index is 0.156. The Labute approximate surface area is 220 Å². The number of ether oxygens (including phenoxy) is 4. The van der Waals surface area contributed by atoms with Gasteiger partial charge in [-0.25, -0.2) is 4.79 Å². The van der Waals surface area contributed by atoms with Crippen LogP contribution < -0.4 is 4.74 Å². The van der Waals surface area contributed by atoms with Crippen molar-refractivity contribution >= 4 is 18.1 Å². The van der Waals surface area contributed by atoms with Gasteiger partial charge in [-0.05, 0) is 58.9 Å². The highest BCUT2D eigenvalue weighted by Gasteiger charge is 2.22. The zero-order valence-electron chi connectivity index (χ0n) is 21.9. The quantitative estimate of drug-likeness (QED) is 0.212. The van der Waals surface area contributed by atoms with E-state index in [-0.39, 0.29) is 12.1 Å². The Balaban J connectivity index is 1.38. The lowest BCUT2D eigenvalue weighted by Gasteiger charge is -2.22. The van der Waals surface area contributed by atoms with Gasteiger partial charge in [0.25, 0.3) is 0 Å². The van der Waals surface area contributed by atoms with Crippen molar-refractivity contribution in [2.24, 2.45) is 0 Å². The van der Waals surface area contributed by atoms with Crippen LogP contribution in [0.2, 0.25) is 0 Å². The Bertz CT molecular complexity index is 1200. The number of fused-ring (bicyclic) bond motifs is 2. The molecule has 2 atom stereocenters. The van der Waals surface area contributed by atoms with Crippen molar-refractivity contribution in [3.63, 3.8) is 0 Å². The van der Waals surface area contributed by atoms with Crippen molar-refractivity contribution in [3.05, 3.63) is 100 Å². The van der Waals surface area contributed by atoms with Crippen molar-refractivity contribution in [1.82, 2.24) is 0 Å². The van der Waals surface area contributed by atoms with Crippen molar-refractivity contribution in [1.29, 1.82) is 0 Å². The average molecular weight is 501 g/mol. The molecule has 3 aromatic rings. The van der Waals surface area contributed by atoms with Gasteiger partial charge in [-0.15, -0.1) is 0 Å². The number of aryl methyl sites for hydroxylation is 1. The molecule has 3 aromatic carbocycles. The summed E-state index contributed by atoms with van der Waals surface area (Å²) >= 11 is 0. The second-order valence-corrected chi connectivity index (χ2v) is 9.10. The Kier molecular flexibility index (Phi) is 9.52. The second-order valence-electron chi connectivity index (χ2n) is 9.10. The molecule has 0 amide bonds. The van der Waals surface area contributed by atoms with Crippen molar-refractivity contribution < 1.29 is 23.7 Å². The zero-order valence-corrected chi connectivity index (χ0v) is 21.9. The van der Waals surface area contributed by atoms with Gasteiger partial charge in [-0.3, -0.25) is 0 Å². The van der Waals surface area contributed by atoms with E-state index in [0.29, 0.717) is 26.2 Å². The van der Waals surface area contributed by atoms with Gasteiger partial charge in [0.15, 0.2) is 6.10 Å². The summed E-state index contributed by atoms with van der Waals surface area (Å²) in [6, 6.07) is 22.8. The minimum Gasteiger partial charge on any atom is -0.491 e. The molecule has 0 saturated carbocycles. The molecule has 0 spiro atoms. The van der Waals surface area contributed by atoms with Crippen LogP contribution in [0.3, 0.4) is 0 Å². The zero-order chi connectivity index (χ0) is 26.0. The van der Waals surface area contributed by atoms with E-state index in [1.807, 2.05) is 24.3 Å². The first kappa shape index (κ1) is 26.6. The van der Waals surface area contributed by atoms with Crippen molar-refractivity contribution in [2.45, 2.75) is 45.3 Å². The SMILES string of the molecule is CCCc1ccc2c(c1)C=Cc1ccccc1C2OCCOc1ccc(CC(OC)C(=O)OCC)cc1. The number of rotatable bonds is 12. The van der Waals surface area contributed by atoms with E-state index in [4.69, 9.17) is 18.9 Å². The number of carbonyl (C=O) groups is 1. The number of esters is 1. The molecule has 0 N–H and O–H groups in total. The van der Waals surface area contributed by atoms with E-state index in [0.717, 1.165) is 24.2 Å². The largest absolute Gasteiger partial charge is 0.491 e. The molecule has 0 fully saturated rings. The van der Waals surface area contributed by atoms with Gasteiger partial charge in [0, 0.05) is 13.5 Å². The van der Waals surface area contributed by atoms with Crippen LogP contribution in [0.1, 0.15) is 59.8 Å². The highest BCUT2D eigenvalue weighted by molar-refractivity contribution is 5.76. The Hall–Kier alpha value is -3.41. The first-order valence-corrected chi connectivity index (χ1v) is 13.1. The van der Waals surface area contributed by atoms with Gasteiger partial charge in [0.1, 0.15) is 18.5 Å². The number of hydrogen-bond donors (Lipinski definition) is 0. The Morgan fingerprint density at radius 3 is 2.35 bits per heavy atom. The molecule has 2 unspecified atom stereocenters. The molecular formula is C32H36O5. The third-order valence-electron chi connectivity index (χ3n) is 6.51. The van der Waals surface area contributed by atoms with Crippen LogP contribution in [0, 0.1) is 0 Å². The maximum Gasteiger partial charge on any atom is 0.335 e. The smallest absolute Gasteiger partial charge is 0.335 e. The fourth-order valence-corrected chi connectivity index (χ4v) is 4.64. The summed E-state index contributed by atoms with van der Waals surface area (Å²) < 4.78 is 22.8. The third-order valence-corrected chi connectivity index (χ3v) is 6.51. The van der Waals surface area contributed by atoms with Crippen LogP contribution in [0.4, 0.5) is 0 Å². The van der Waals surface area contributed by atoms with Crippen molar-refractivity contribution in [2.75, 3.05) is 26.9 Å². The van der Waals surface area contributed by atoms with Gasteiger partial charge in [-0.2, -0.15) is 0 Å². The molecule has 0 saturated heterocycles. The molecule has 5 nitrogen and oxygen atoms in total. The van der Waals surface area contributed by atoms with Crippen LogP contribution in [0.15, 0.2) is 66.7 Å². The molecule has 0 bridgehead atoms. The summed E-state index contributed by atoms with van der Waals surface area (Å²) in [4.78, 5) is 12.0. The highest BCUT2D eigenvalue weighted by Crippen LogP contribution is 2.36. The van der Waals surface area contributed by atoms with E-state index in [1.165, 1.54) is 34.9 Å². The number of methoxy groups -OCH3 is 1. The lowest BCUT2D eigenvalue weighted by atomic mass is 9.94.